The first kappa shape index (κ1) is 24.6. The molecule has 0 unspecified atom stereocenters. The van der Waals surface area contributed by atoms with Crippen LogP contribution in [-0.4, -0.2) is 14.5 Å². The molecule has 0 fully saturated rings. The minimum Gasteiger partial charge on any atom is -0.310 e. The summed E-state index contributed by atoms with van der Waals surface area (Å²) in [7, 11) is 0. The molecule has 0 N–H and O–H groups in total. The van der Waals surface area contributed by atoms with Crippen LogP contribution in [0.4, 0.5) is 17.1 Å². The van der Waals surface area contributed by atoms with Gasteiger partial charge in [0.1, 0.15) is 5.52 Å². The highest BCUT2D eigenvalue weighted by atomic mass is 15.1. The summed E-state index contributed by atoms with van der Waals surface area (Å²) in [5.41, 5.74) is 9.09. The van der Waals surface area contributed by atoms with Gasteiger partial charge >= 0.3 is 0 Å². The maximum atomic E-state index is 5.13. The Balaban J connectivity index is 1.30. The lowest BCUT2D eigenvalue weighted by atomic mass is 10.00. The standard InChI is InChI=1S/C40H26N4/c1-3-11-29(12-4-1)43(30-13-5-2-6-14-30)31-23-21-27-19-20-28-22-24-32(26-35(28)34(27)25-31)44-38-18-10-7-15-33(38)39-40(44)42-37-17-9-8-16-36(37)41-39/h1-26H. The average molecular weight is 563 g/mol. The Morgan fingerprint density at radius 2 is 1.00 bits per heavy atom. The Morgan fingerprint density at radius 1 is 0.432 bits per heavy atom. The summed E-state index contributed by atoms with van der Waals surface area (Å²) in [6.45, 7) is 0. The second-order valence-electron chi connectivity index (χ2n) is 11.1. The second-order valence-corrected chi connectivity index (χ2v) is 11.1. The molecule has 0 saturated carbocycles. The molecule has 4 nitrogen and oxygen atoms in total. The molecular weight excluding hydrogens is 536 g/mol. The summed E-state index contributed by atoms with van der Waals surface area (Å²) in [4.78, 5) is 12.5. The van der Waals surface area contributed by atoms with Crippen molar-refractivity contribution in [3.63, 3.8) is 0 Å². The Morgan fingerprint density at radius 3 is 1.73 bits per heavy atom. The highest BCUT2D eigenvalue weighted by Crippen LogP contribution is 2.38. The molecule has 4 heteroatoms. The quantitative estimate of drug-likeness (QED) is 0.200. The van der Waals surface area contributed by atoms with Gasteiger partial charge in [0.15, 0.2) is 5.65 Å². The Hall–Kier alpha value is -6.00. The van der Waals surface area contributed by atoms with Crippen molar-refractivity contribution in [3.05, 3.63) is 158 Å². The molecule has 9 aromatic rings. The normalized spacial score (nSPS) is 11.6. The average Bonchev–Trinajstić information content (AvgIpc) is 3.41. The predicted molar refractivity (Wildman–Crippen MR) is 184 cm³/mol. The lowest BCUT2D eigenvalue weighted by Crippen LogP contribution is -2.09. The maximum Gasteiger partial charge on any atom is 0.165 e. The number of nitrogens with zero attached hydrogens (tertiary/aromatic N) is 4. The van der Waals surface area contributed by atoms with Gasteiger partial charge in [0, 0.05) is 28.1 Å². The molecule has 0 radical (unpaired) electrons. The molecule has 0 aliphatic rings. The van der Waals surface area contributed by atoms with Gasteiger partial charge in [0.2, 0.25) is 0 Å². The maximum absolute atomic E-state index is 5.13. The van der Waals surface area contributed by atoms with Crippen molar-refractivity contribution in [1.29, 1.82) is 0 Å². The molecule has 0 atom stereocenters. The van der Waals surface area contributed by atoms with E-state index in [1.807, 2.05) is 24.3 Å². The third-order valence-electron chi connectivity index (χ3n) is 8.52. The van der Waals surface area contributed by atoms with E-state index in [0.717, 1.165) is 55.8 Å². The van der Waals surface area contributed by atoms with Gasteiger partial charge in [-0.1, -0.05) is 91.0 Å². The third kappa shape index (κ3) is 3.85. The van der Waals surface area contributed by atoms with Crippen LogP contribution in [0.25, 0.3) is 60.3 Å². The van der Waals surface area contributed by atoms with Crippen LogP contribution in [0.15, 0.2) is 158 Å². The molecule has 9 rings (SSSR count). The van der Waals surface area contributed by atoms with E-state index in [0.29, 0.717) is 0 Å². The number of aromatic nitrogens is 3. The first-order chi connectivity index (χ1) is 21.8. The monoisotopic (exact) mass is 562 g/mol. The van der Waals surface area contributed by atoms with Gasteiger partial charge in [-0.2, -0.15) is 0 Å². The fourth-order valence-electron chi connectivity index (χ4n) is 6.48. The molecule has 0 bridgehead atoms. The number of fused-ring (bicyclic) bond motifs is 7. The molecule has 2 aromatic heterocycles. The van der Waals surface area contributed by atoms with Crippen LogP contribution in [0, 0.1) is 0 Å². The summed E-state index contributed by atoms with van der Waals surface area (Å²) in [5.74, 6) is 0. The smallest absolute Gasteiger partial charge is 0.165 e. The van der Waals surface area contributed by atoms with E-state index in [1.54, 1.807) is 0 Å². The van der Waals surface area contributed by atoms with Gasteiger partial charge < -0.3 is 4.90 Å². The van der Waals surface area contributed by atoms with E-state index in [9.17, 15) is 0 Å². The van der Waals surface area contributed by atoms with Gasteiger partial charge in [-0.25, -0.2) is 9.97 Å². The topological polar surface area (TPSA) is 34.0 Å². The molecule has 206 valence electrons. The Kier molecular flexibility index (Phi) is 5.47. The molecule has 0 spiro atoms. The van der Waals surface area contributed by atoms with Crippen LogP contribution >= 0.6 is 0 Å². The van der Waals surface area contributed by atoms with Crippen molar-refractivity contribution < 1.29 is 0 Å². The van der Waals surface area contributed by atoms with E-state index in [4.69, 9.17) is 9.97 Å². The minimum atomic E-state index is 0.865. The first-order valence-corrected chi connectivity index (χ1v) is 14.8. The zero-order valence-corrected chi connectivity index (χ0v) is 23.8. The second kappa shape index (κ2) is 9.79. The third-order valence-corrected chi connectivity index (χ3v) is 8.52. The van der Waals surface area contributed by atoms with Gasteiger partial charge in [-0.15, -0.1) is 0 Å². The highest BCUT2D eigenvalue weighted by molar-refractivity contribution is 6.11. The number of hydrogen-bond acceptors (Lipinski definition) is 3. The van der Waals surface area contributed by atoms with Crippen LogP contribution in [0.2, 0.25) is 0 Å². The molecule has 0 saturated heterocycles. The first-order valence-electron chi connectivity index (χ1n) is 14.8. The largest absolute Gasteiger partial charge is 0.310 e. The SMILES string of the molecule is c1ccc(N(c2ccccc2)c2ccc3ccc4ccc(-n5c6ccccc6c6nc7ccccc7nc65)cc4c3c2)cc1. The molecule has 0 aliphatic heterocycles. The lowest BCUT2D eigenvalue weighted by Gasteiger charge is -2.26. The molecule has 44 heavy (non-hydrogen) atoms. The van der Waals surface area contributed by atoms with Gasteiger partial charge in [-0.05, 0) is 88.3 Å². The fraction of sp³-hybridized carbons (Fsp3) is 0. The van der Waals surface area contributed by atoms with E-state index in [1.165, 1.54) is 21.5 Å². The lowest BCUT2D eigenvalue weighted by molar-refractivity contribution is 1.15. The van der Waals surface area contributed by atoms with Crippen LogP contribution in [-0.2, 0) is 0 Å². The van der Waals surface area contributed by atoms with Crippen LogP contribution < -0.4 is 4.90 Å². The number of anilines is 3. The Labute approximate surface area is 254 Å². The van der Waals surface area contributed by atoms with Crippen molar-refractivity contribution in [2.75, 3.05) is 4.90 Å². The molecule has 7 aromatic carbocycles. The zero-order chi connectivity index (χ0) is 29.0. The fourth-order valence-corrected chi connectivity index (χ4v) is 6.48. The van der Waals surface area contributed by atoms with E-state index in [2.05, 4.69) is 143 Å². The summed E-state index contributed by atoms with van der Waals surface area (Å²) in [5, 5.41) is 5.90. The van der Waals surface area contributed by atoms with Crippen molar-refractivity contribution in [2.45, 2.75) is 0 Å². The van der Waals surface area contributed by atoms with Gasteiger partial charge in [0.05, 0.1) is 16.6 Å². The summed E-state index contributed by atoms with van der Waals surface area (Å²) in [6, 6.07) is 55.6. The van der Waals surface area contributed by atoms with Crippen molar-refractivity contribution >= 4 is 71.7 Å². The number of benzene rings is 7. The van der Waals surface area contributed by atoms with Crippen molar-refractivity contribution in [1.82, 2.24) is 14.5 Å². The molecule has 2 heterocycles. The zero-order valence-electron chi connectivity index (χ0n) is 23.8. The van der Waals surface area contributed by atoms with E-state index in [-0.39, 0.29) is 0 Å². The Bertz CT molecular complexity index is 2460. The highest BCUT2D eigenvalue weighted by Gasteiger charge is 2.17. The molecule has 0 aliphatic carbocycles. The number of hydrogen-bond donors (Lipinski definition) is 0. The summed E-state index contributed by atoms with van der Waals surface area (Å²) in [6.07, 6.45) is 0. The van der Waals surface area contributed by atoms with Crippen LogP contribution in [0.1, 0.15) is 0 Å². The minimum absolute atomic E-state index is 0.865. The van der Waals surface area contributed by atoms with E-state index >= 15 is 0 Å². The van der Waals surface area contributed by atoms with Gasteiger partial charge in [0.25, 0.3) is 0 Å². The molecular formula is C40H26N4. The van der Waals surface area contributed by atoms with Crippen LogP contribution in [0.3, 0.4) is 0 Å². The predicted octanol–water partition coefficient (Wildman–Crippen LogP) is 10.5. The van der Waals surface area contributed by atoms with Crippen LogP contribution in [0.5, 0.6) is 0 Å². The number of para-hydroxylation sites is 5. The molecule has 0 amide bonds. The van der Waals surface area contributed by atoms with Crippen molar-refractivity contribution in [2.24, 2.45) is 0 Å². The van der Waals surface area contributed by atoms with E-state index < -0.39 is 0 Å². The van der Waals surface area contributed by atoms with Crippen molar-refractivity contribution in [3.8, 4) is 5.69 Å². The summed E-state index contributed by atoms with van der Waals surface area (Å²) < 4.78 is 2.26. The van der Waals surface area contributed by atoms with Gasteiger partial charge in [-0.3, -0.25) is 4.57 Å². The summed E-state index contributed by atoms with van der Waals surface area (Å²) >= 11 is 0. The number of rotatable bonds is 4.